The van der Waals surface area contributed by atoms with Crippen molar-refractivity contribution in [2.45, 2.75) is 69.8 Å². The molecule has 1 unspecified atom stereocenters. The van der Waals surface area contributed by atoms with Gasteiger partial charge in [0.1, 0.15) is 0 Å². The predicted molar refractivity (Wildman–Crippen MR) is 71.4 cm³/mol. The molecule has 2 heteroatoms. The van der Waals surface area contributed by atoms with E-state index in [0.29, 0.717) is 11.7 Å². The first-order chi connectivity index (χ1) is 8.77. The van der Waals surface area contributed by atoms with Crippen LogP contribution in [0.25, 0.3) is 0 Å². The van der Waals surface area contributed by atoms with Crippen LogP contribution in [0.2, 0.25) is 0 Å². The molecule has 1 aliphatic heterocycles. The molecule has 0 aromatic heterocycles. The monoisotopic (exact) mass is 248 g/mol. The summed E-state index contributed by atoms with van der Waals surface area (Å²) in [5.41, 5.74) is 1.62. The van der Waals surface area contributed by atoms with E-state index in [4.69, 9.17) is 4.74 Å². The summed E-state index contributed by atoms with van der Waals surface area (Å²) in [7, 11) is 0. The molecule has 3 rings (SSSR count). The largest absolute Gasteiger partial charge is 0.375 e. The van der Waals surface area contributed by atoms with Gasteiger partial charge < -0.3 is 4.74 Å². The lowest BCUT2D eigenvalue weighted by atomic mass is 9.79. The Morgan fingerprint density at radius 1 is 1.11 bits per heavy atom. The lowest BCUT2D eigenvalue weighted by Crippen LogP contribution is -2.37. The van der Waals surface area contributed by atoms with Crippen LogP contribution in [0.4, 0.5) is 0 Å². The highest BCUT2D eigenvalue weighted by Gasteiger charge is 2.40. The molecular formula is C16H24O2. The summed E-state index contributed by atoms with van der Waals surface area (Å²) in [5.74, 6) is 0.980. The highest BCUT2D eigenvalue weighted by atomic mass is 16.5. The van der Waals surface area contributed by atoms with Crippen molar-refractivity contribution in [1.82, 2.24) is 0 Å². The van der Waals surface area contributed by atoms with E-state index in [1.54, 1.807) is 0 Å². The molecule has 0 aromatic carbocycles. The molecule has 1 saturated heterocycles. The van der Waals surface area contributed by atoms with Crippen molar-refractivity contribution in [3.63, 3.8) is 0 Å². The Labute approximate surface area is 110 Å². The van der Waals surface area contributed by atoms with Crippen LogP contribution in [-0.2, 0) is 9.53 Å². The van der Waals surface area contributed by atoms with Gasteiger partial charge in [0.25, 0.3) is 0 Å². The molecule has 1 saturated carbocycles. The van der Waals surface area contributed by atoms with E-state index in [2.05, 4.69) is 0 Å². The van der Waals surface area contributed by atoms with Crippen molar-refractivity contribution in [3.05, 3.63) is 11.6 Å². The van der Waals surface area contributed by atoms with Gasteiger partial charge in [-0.15, -0.1) is 0 Å². The molecular weight excluding hydrogens is 224 g/mol. The third-order valence-electron chi connectivity index (χ3n) is 5.02. The smallest absolute Gasteiger partial charge is 0.155 e. The molecule has 1 spiro atoms. The molecule has 0 bridgehead atoms. The van der Waals surface area contributed by atoms with E-state index >= 15 is 0 Å². The van der Waals surface area contributed by atoms with E-state index in [9.17, 15) is 4.79 Å². The molecule has 3 aliphatic rings. The summed E-state index contributed by atoms with van der Waals surface area (Å²) in [6, 6.07) is 0. The zero-order valence-corrected chi connectivity index (χ0v) is 11.2. The number of rotatable bonds is 1. The van der Waals surface area contributed by atoms with E-state index < -0.39 is 0 Å². The van der Waals surface area contributed by atoms with Crippen LogP contribution in [0.1, 0.15) is 64.2 Å². The Balaban J connectivity index is 1.73. The second kappa shape index (κ2) is 5.16. The van der Waals surface area contributed by atoms with E-state index in [-0.39, 0.29) is 5.60 Å². The minimum absolute atomic E-state index is 0.180. The number of hydrogen-bond donors (Lipinski definition) is 0. The number of hydrogen-bond acceptors (Lipinski definition) is 2. The summed E-state index contributed by atoms with van der Waals surface area (Å²) in [4.78, 5) is 11.7. The summed E-state index contributed by atoms with van der Waals surface area (Å²) >= 11 is 0. The molecule has 2 nitrogen and oxygen atoms in total. The van der Waals surface area contributed by atoms with Gasteiger partial charge >= 0.3 is 0 Å². The molecule has 0 radical (unpaired) electrons. The summed E-state index contributed by atoms with van der Waals surface area (Å²) < 4.78 is 6.09. The van der Waals surface area contributed by atoms with Crippen molar-refractivity contribution in [2.75, 3.05) is 6.61 Å². The number of ketones is 1. The van der Waals surface area contributed by atoms with Crippen molar-refractivity contribution < 1.29 is 9.53 Å². The van der Waals surface area contributed by atoms with Crippen LogP contribution in [0.3, 0.4) is 0 Å². The Morgan fingerprint density at radius 3 is 2.72 bits per heavy atom. The molecule has 0 aromatic rings. The first-order valence-corrected chi connectivity index (χ1v) is 7.65. The van der Waals surface area contributed by atoms with Crippen LogP contribution in [0.15, 0.2) is 11.6 Å². The predicted octanol–water partition coefficient (Wildman–Crippen LogP) is 3.80. The van der Waals surface area contributed by atoms with Crippen LogP contribution >= 0.6 is 0 Å². The summed E-state index contributed by atoms with van der Waals surface area (Å²) in [5, 5.41) is 0. The highest BCUT2D eigenvalue weighted by Crippen LogP contribution is 2.44. The zero-order valence-electron chi connectivity index (χ0n) is 11.2. The van der Waals surface area contributed by atoms with Crippen molar-refractivity contribution in [1.29, 1.82) is 0 Å². The fraction of sp³-hybridized carbons (Fsp3) is 0.812. The first-order valence-electron chi connectivity index (χ1n) is 7.65. The maximum Gasteiger partial charge on any atom is 0.155 e. The number of ether oxygens (including phenoxy) is 1. The van der Waals surface area contributed by atoms with Crippen LogP contribution in [0, 0.1) is 5.92 Å². The van der Waals surface area contributed by atoms with Gasteiger partial charge in [0.2, 0.25) is 0 Å². The maximum atomic E-state index is 11.7. The third-order valence-corrected chi connectivity index (χ3v) is 5.02. The average Bonchev–Trinajstić information content (AvgIpc) is 2.69. The van der Waals surface area contributed by atoms with E-state index in [0.717, 1.165) is 32.3 Å². The number of carbonyl (C=O) groups excluding carboxylic acids is 1. The first kappa shape index (κ1) is 12.4. The molecule has 0 N–H and O–H groups in total. The molecule has 18 heavy (non-hydrogen) atoms. The molecule has 100 valence electrons. The Kier molecular flexibility index (Phi) is 3.56. The van der Waals surface area contributed by atoms with E-state index in [1.807, 2.05) is 6.08 Å². The van der Waals surface area contributed by atoms with Gasteiger partial charge in [0.15, 0.2) is 5.78 Å². The fourth-order valence-electron chi connectivity index (χ4n) is 4.01. The van der Waals surface area contributed by atoms with Gasteiger partial charge in [-0.3, -0.25) is 4.79 Å². The number of carbonyl (C=O) groups is 1. The van der Waals surface area contributed by atoms with Crippen LogP contribution in [0.5, 0.6) is 0 Å². The summed E-state index contributed by atoms with van der Waals surface area (Å²) in [6.07, 6.45) is 13.6. The van der Waals surface area contributed by atoms with Gasteiger partial charge in [-0.25, -0.2) is 0 Å². The average molecular weight is 248 g/mol. The van der Waals surface area contributed by atoms with Crippen LogP contribution in [-0.4, -0.2) is 18.0 Å². The Morgan fingerprint density at radius 2 is 1.89 bits per heavy atom. The minimum atomic E-state index is 0.180. The Hall–Kier alpha value is -0.630. The molecule has 1 atom stereocenters. The minimum Gasteiger partial charge on any atom is -0.375 e. The van der Waals surface area contributed by atoms with Crippen LogP contribution < -0.4 is 0 Å². The molecule has 0 amide bonds. The van der Waals surface area contributed by atoms with E-state index in [1.165, 1.54) is 44.1 Å². The topological polar surface area (TPSA) is 26.3 Å². The lowest BCUT2D eigenvalue weighted by Gasteiger charge is -2.39. The lowest BCUT2D eigenvalue weighted by molar-refractivity contribution is -0.114. The summed E-state index contributed by atoms with van der Waals surface area (Å²) in [6.45, 7) is 0.899. The zero-order chi connectivity index (χ0) is 12.4. The highest BCUT2D eigenvalue weighted by molar-refractivity contribution is 5.90. The second-order valence-electron chi connectivity index (χ2n) is 6.32. The van der Waals surface area contributed by atoms with Crippen molar-refractivity contribution >= 4 is 5.78 Å². The van der Waals surface area contributed by atoms with Gasteiger partial charge in [-0.05, 0) is 56.9 Å². The van der Waals surface area contributed by atoms with Crippen molar-refractivity contribution in [3.8, 4) is 0 Å². The van der Waals surface area contributed by atoms with Gasteiger partial charge in [-0.2, -0.15) is 0 Å². The molecule has 1 heterocycles. The second-order valence-corrected chi connectivity index (χ2v) is 6.32. The standard InChI is InChI=1S/C16H24O2/c17-15-6-2-1-5-13(11-15)14-7-10-18-16(12-14)8-3-4-9-16/h11,14H,1-10,12H2. The maximum absolute atomic E-state index is 11.7. The van der Waals surface area contributed by atoms with Gasteiger partial charge in [-0.1, -0.05) is 18.4 Å². The molecule has 2 fully saturated rings. The normalized spacial score (nSPS) is 32.3. The quantitative estimate of drug-likeness (QED) is 0.705. The molecule has 2 aliphatic carbocycles. The van der Waals surface area contributed by atoms with Gasteiger partial charge in [0, 0.05) is 13.0 Å². The van der Waals surface area contributed by atoms with Gasteiger partial charge in [0.05, 0.1) is 5.60 Å². The third kappa shape index (κ3) is 2.54. The number of allylic oxidation sites excluding steroid dienone is 2. The SMILES string of the molecule is O=C1C=C(C2CCOC3(CCCC3)C2)CCCC1. The Bertz CT molecular complexity index is 350. The van der Waals surface area contributed by atoms with Crippen molar-refractivity contribution in [2.24, 2.45) is 5.92 Å². The fourth-order valence-corrected chi connectivity index (χ4v) is 4.01.